The first-order chi connectivity index (χ1) is 9.01. The lowest BCUT2D eigenvalue weighted by atomic mass is 10.1. The molecule has 0 aliphatic carbocycles. The molecule has 0 N–H and O–H groups in total. The number of hydrogen-bond donors (Lipinski definition) is 0. The second-order valence-electron chi connectivity index (χ2n) is 4.65. The Kier molecular flexibility index (Phi) is 3.69. The van der Waals surface area contributed by atoms with Gasteiger partial charge < -0.3 is 9.47 Å². The molecule has 4 nitrogen and oxygen atoms in total. The minimum absolute atomic E-state index is 0.151. The molecule has 4 heteroatoms. The molecule has 0 atom stereocenters. The van der Waals surface area contributed by atoms with Gasteiger partial charge in [-0.05, 0) is 45.0 Å². The van der Waals surface area contributed by atoms with Crippen LogP contribution in [0.15, 0.2) is 24.3 Å². The largest absolute Gasteiger partial charge is 0.497 e. The van der Waals surface area contributed by atoms with Gasteiger partial charge in [0.2, 0.25) is 0 Å². The van der Waals surface area contributed by atoms with Gasteiger partial charge in [0.05, 0.1) is 24.3 Å². The second kappa shape index (κ2) is 5.26. The number of hydrogen-bond acceptors (Lipinski definition) is 4. The van der Waals surface area contributed by atoms with Gasteiger partial charge in [-0.15, -0.1) is 0 Å². The topological polar surface area (TPSA) is 48.4 Å². The lowest BCUT2D eigenvalue weighted by Crippen LogP contribution is -2.12. The zero-order chi connectivity index (χ0) is 14.0. The third-order valence-electron chi connectivity index (χ3n) is 2.71. The molecule has 0 bridgehead atoms. The number of esters is 1. The summed E-state index contributed by atoms with van der Waals surface area (Å²) in [6, 6.07) is 7.21. The van der Waals surface area contributed by atoms with Crippen LogP contribution in [0.1, 0.15) is 29.9 Å². The third-order valence-corrected chi connectivity index (χ3v) is 2.71. The van der Waals surface area contributed by atoms with Gasteiger partial charge in [-0.1, -0.05) is 0 Å². The van der Waals surface area contributed by atoms with Gasteiger partial charge in [-0.3, -0.25) is 4.98 Å². The van der Waals surface area contributed by atoms with E-state index in [-0.39, 0.29) is 12.1 Å². The molecule has 0 unspecified atom stereocenters. The average Bonchev–Trinajstić information content (AvgIpc) is 2.36. The molecule has 2 rings (SSSR count). The Morgan fingerprint density at radius 3 is 2.63 bits per heavy atom. The molecule has 1 aromatic carbocycles. The minimum atomic E-state index is -0.334. The molecule has 0 saturated heterocycles. The highest BCUT2D eigenvalue weighted by Crippen LogP contribution is 2.24. The van der Waals surface area contributed by atoms with E-state index >= 15 is 0 Å². The van der Waals surface area contributed by atoms with Crippen molar-refractivity contribution in [2.24, 2.45) is 0 Å². The zero-order valence-corrected chi connectivity index (χ0v) is 11.6. The number of nitrogens with zero attached hydrogens (tertiary/aromatic N) is 1. The van der Waals surface area contributed by atoms with Crippen LogP contribution in [0.25, 0.3) is 10.9 Å². The van der Waals surface area contributed by atoms with Crippen molar-refractivity contribution in [1.29, 1.82) is 0 Å². The Morgan fingerprint density at radius 2 is 2.00 bits per heavy atom. The van der Waals surface area contributed by atoms with Crippen LogP contribution in [-0.2, 0) is 4.74 Å². The highest BCUT2D eigenvalue weighted by molar-refractivity contribution is 6.03. The lowest BCUT2D eigenvalue weighted by molar-refractivity contribution is 0.0380. The molecule has 0 spiro atoms. The first kappa shape index (κ1) is 13.3. The van der Waals surface area contributed by atoms with Gasteiger partial charge in [-0.2, -0.15) is 0 Å². The van der Waals surface area contributed by atoms with Crippen molar-refractivity contribution in [2.45, 2.75) is 26.9 Å². The number of ether oxygens (including phenoxy) is 2. The maximum atomic E-state index is 12.1. The van der Waals surface area contributed by atoms with E-state index in [0.717, 1.165) is 16.6 Å². The number of carbonyl (C=O) groups is 1. The number of benzene rings is 1. The molecule has 0 amide bonds. The molecule has 0 fully saturated rings. The van der Waals surface area contributed by atoms with E-state index < -0.39 is 0 Å². The normalized spacial score (nSPS) is 10.8. The zero-order valence-electron chi connectivity index (χ0n) is 11.6. The van der Waals surface area contributed by atoms with Crippen molar-refractivity contribution in [3.63, 3.8) is 0 Å². The van der Waals surface area contributed by atoms with Crippen molar-refractivity contribution in [3.8, 4) is 5.75 Å². The molecule has 2 aromatic rings. The van der Waals surface area contributed by atoms with Crippen LogP contribution in [0.2, 0.25) is 0 Å². The molecular formula is C15H17NO3. The summed E-state index contributed by atoms with van der Waals surface area (Å²) in [5.41, 5.74) is 2.07. The lowest BCUT2D eigenvalue weighted by Gasteiger charge is -2.11. The van der Waals surface area contributed by atoms with Crippen molar-refractivity contribution in [2.75, 3.05) is 7.11 Å². The summed E-state index contributed by atoms with van der Waals surface area (Å²) in [7, 11) is 1.59. The van der Waals surface area contributed by atoms with Gasteiger partial charge in [0.1, 0.15) is 5.75 Å². The van der Waals surface area contributed by atoms with Crippen LogP contribution in [-0.4, -0.2) is 24.2 Å². The fraction of sp³-hybridized carbons (Fsp3) is 0.333. The summed E-state index contributed by atoms with van der Waals surface area (Å²) >= 11 is 0. The van der Waals surface area contributed by atoms with Crippen LogP contribution in [0.3, 0.4) is 0 Å². The molecule has 1 heterocycles. The van der Waals surface area contributed by atoms with Gasteiger partial charge in [0.15, 0.2) is 0 Å². The molecule has 100 valence electrons. The summed E-state index contributed by atoms with van der Waals surface area (Å²) in [5.74, 6) is 0.357. The minimum Gasteiger partial charge on any atom is -0.497 e. The Hall–Kier alpha value is -2.10. The van der Waals surface area contributed by atoms with Crippen molar-refractivity contribution in [3.05, 3.63) is 35.5 Å². The maximum Gasteiger partial charge on any atom is 0.339 e. The predicted octanol–water partition coefficient (Wildman–Crippen LogP) is 3.12. The fourth-order valence-electron chi connectivity index (χ4n) is 1.91. The first-order valence-corrected chi connectivity index (χ1v) is 6.17. The maximum absolute atomic E-state index is 12.1. The number of aryl methyl sites for hydroxylation is 1. The summed E-state index contributed by atoms with van der Waals surface area (Å²) in [4.78, 5) is 16.5. The van der Waals surface area contributed by atoms with E-state index in [1.54, 1.807) is 19.2 Å². The molecule has 0 saturated carbocycles. The number of fused-ring (bicyclic) bond motifs is 1. The quantitative estimate of drug-likeness (QED) is 0.795. The van der Waals surface area contributed by atoms with Crippen LogP contribution in [0.5, 0.6) is 5.75 Å². The van der Waals surface area contributed by atoms with Crippen LogP contribution >= 0.6 is 0 Å². The second-order valence-corrected chi connectivity index (χ2v) is 4.65. The highest BCUT2D eigenvalue weighted by atomic mass is 16.5. The smallest absolute Gasteiger partial charge is 0.339 e. The Bertz CT molecular complexity index is 620. The summed E-state index contributed by atoms with van der Waals surface area (Å²) in [5, 5.41) is 0.746. The summed E-state index contributed by atoms with van der Waals surface area (Å²) in [6.07, 6.45) is -0.151. The van der Waals surface area contributed by atoms with E-state index in [1.807, 2.05) is 32.9 Å². The number of pyridine rings is 1. The van der Waals surface area contributed by atoms with E-state index in [0.29, 0.717) is 11.3 Å². The molecule has 0 aliphatic rings. The van der Waals surface area contributed by atoms with E-state index in [4.69, 9.17) is 9.47 Å². The van der Waals surface area contributed by atoms with Gasteiger partial charge in [-0.25, -0.2) is 4.79 Å². The van der Waals surface area contributed by atoms with Crippen LogP contribution in [0.4, 0.5) is 0 Å². The first-order valence-electron chi connectivity index (χ1n) is 6.17. The number of carbonyl (C=O) groups excluding carboxylic acids is 1. The summed E-state index contributed by atoms with van der Waals surface area (Å²) in [6.45, 7) is 5.51. The highest BCUT2D eigenvalue weighted by Gasteiger charge is 2.15. The molecule has 1 aromatic heterocycles. The van der Waals surface area contributed by atoms with E-state index in [1.165, 1.54) is 0 Å². The number of methoxy groups -OCH3 is 1. The van der Waals surface area contributed by atoms with E-state index in [2.05, 4.69) is 4.98 Å². The van der Waals surface area contributed by atoms with Crippen molar-refractivity contribution >= 4 is 16.9 Å². The predicted molar refractivity (Wildman–Crippen MR) is 73.6 cm³/mol. The standard InChI is InChI=1S/C15H17NO3/c1-9(2)19-15(17)13-7-10(3)16-14-6-5-11(18-4)8-12(13)14/h5-9H,1-4H3. The SMILES string of the molecule is COc1ccc2nc(C)cc(C(=O)OC(C)C)c2c1. The third kappa shape index (κ3) is 2.84. The van der Waals surface area contributed by atoms with Crippen molar-refractivity contribution < 1.29 is 14.3 Å². The average molecular weight is 259 g/mol. The Morgan fingerprint density at radius 1 is 1.26 bits per heavy atom. The number of rotatable bonds is 3. The molecule has 19 heavy (non-hydrogen) atoms. The number of aromatic nitrogens is 1. The summed E-state index contributed by atoms with van der Waals surface area (Å²) < 4.78 is 10.5. The fourth-order valence-corrected chi connectivity index (χ4v) is 1.91. The molecule has 0 aliphatic heterocycles. The Labute approximate surface area is 112 Å². The van der Waals surface area contributed by atoms with Gasteiger partial charge in [0.25, 0.3) is 0 Å². The van der Waals surface area contributed by atoms with Crippen LogP contribution < -0.4 is 4.74 Å². The van der Waals surface area contributed by atoms with Gasteiger partial charge in [0, 0.05) is 11.1 Å². The molecular weight excluding hydrogens is 242 g/mol. The monoisotopic (exact) mass is 259 g/mol. The van der Waals surface area contributed by atoms with Crippen molar-refractivity contribution in [1.82, 2.24) is 4.98 Å². The Balaban J connectivity index is 2.60. The molecule has 0 radical (unpaired) electrons. The van der Waals surface area contributed by atoms with Crippen LogP contribution in [0, 0.1) is 6.92 Å². The van der Waals surface area contributed by atoms with E-state index in [9.17, 15) is 4.79 Å². The van der Waals surface area contributed by atoms with Gasteiger partial charge >= 0.3 is 5.97 Å².